The molecule has 0 saturated heterocycles. The Morgan fingerprint density at radius 1 is 1.53 bits per heavy atom. The maximum atomic E-state index is 11.7. The molecule has 0 aliphatic carbocycles. The van der Waals surface area contributed by atoms with E-state index < -0.39 is 0 Å². The molecule has 1 aromatic heterocycles. The van der Waals surface area contributed by atoms with Crippen LogP contribution < -0.4 is 5.32 Å². The second kappa shape index (κ2) is 6.17. The van der Waals surface area contributed by atoms with Crippen molar-refractivity contribution in [2.75, 3.05) is 5.32 Å². The number of amides is 1. The molecule has 1 N–H and O–H groups in total. The zero-order valence-electron chi connectivity index (χ0n) is 9.36. The quantitative estimate of drug-likeness (QED) is 0.804. The van der Waals surface area contributed by atoms with E-state index in [0.29, 0.717) is 5.82 Å². The monoisotopic (exact) mass is 206 g/mol. The van der Waals surface area contributed by atoms with Gasteiger partial charge in [-0.2, -0.15) is 0 Å². The van der Waals surface area contributed by atoms with Crippen molar-refractivity contribution in [2.24, 2.45) is 5.92 Å². The predicted molar refractivity (Wildman–Crippen MR) is 61.6 cm³/mol. The summed E-state index contributed by atoms with van der Waals surface area (Å²) in [5, 5.41) is 2.80. The number of carbonyl (C=O) groups excluding carboxylic acids is 1. The van der Waals surface area contributed by atoms with E-state index in [2.05, 4.69) is 17.2 Å². The van der Waals surface area contributed by atoms with Crippen molar-refractivity contribution in [1.82, 2.24) is 4.98 Å². The van der Waals surface area contributed by atoms with E-state index in [1.165, 1.54) is 0 Å². The van der Waals surface area contributed by atoms with Gasteiger partial charge in [-0.15, -0.1) is 0 Å². The lowest BCUT2D eigenvalue weighted by molar-refractivity contribution is -0.119. The highest BCUT2D eigenvalue weighted by molar-refractivity contribution is 5.91. The van der Waals surface area contributed by atoms with E-state index in [0.717, 1.165) is 19.3 Å². The third-order valence-electron chi connectivity index (χ3n) is 2.35. The third-order valence-corrected chi connectivity index (χ3v) is 2.35. The van der Waals surface area contributed by atoms with Gasteiger partial charge in [0.05, 0.1) is 0 Å². The Hall–Kier alpha value is -1.38. The van der Waals surface area contributed by atoms with Crippen LogP contribution in [0.2, 0.25) is 0 Å². The first-order valence-electron chi connectivity index (χ1n) is 5.46. The maximum absolute atomic E-state index is 11.7. The molecule has 0 fully saturated rings. The van der Waals surface area contributed by atoms with E-state index in [4.69, 9.17) is 0 Å². The molecule has 0 aliphatic heterocycles. The van der Waals surface area contributed by atoms with Crippen molar-refractivity contribution in [2.45, 2.75) is 33.1 Å². The second-order valence-corrected chi connectivity index (χ2v) is 3.75. The van der Waals surface area contributed by atoms with E-state index in [1.54, 1.807) is 12.3 Å². The van der Waals surface area contributed by atoms with Crippen LogP contribution in [0.15, 0.2) is 24.4 Å². The van der Waals surface area contributed by atoms with Crippen LogP contribution in [0.25, 0.3) is 0 Å². The first-order chi connectivity index (χ1) is 7.24. The molecule has 1 atom stereocenters. The van der Waals surface area contributed by atoms with Gasteiger partial charge in [-0.25, -0.2) is 4.98 Å². The van der Waals surface area contributed by atoms with E-state index >= 15 is 0 Å². The van der Waals surface area contributed by atoms with Crippen LogP contribution in [0.3, 0.4) is 0 Å². The van der Waals surface area contributed by atoms with Crippen LogP contribution in [0.4, 0.5) is 5.82 Å². The van der Waals surface area contributed by atoms with Gasteiger partial charge >= 0.3 is 0 Å². The molecule has 0 radical (unpaired) electrons. The predicted octanol–water partition coefficient (Wildman–Crippen LogP) is 2.85. The van der Waals surface area contributed by atoms with Crippen molar-refractivity contribution in [3.63, 3.8) is 0 Å². The maximum Gasteiger partial charge on any atom is 0.228 e. The number of hydrogen-bond acceptors (Lipinski definition) is 2. The Kier molecular flexibility index (Phi) is 4.81. The summed E-state index contributed by atoms with van der Waals surface area (Å²) in [5.41, 5.74) is 0. The second-order valence-electron chi connectivity index (χ2n) is 3.75. The summed E-state index contributed by atoms with van der Waals surface area (Å²) in [6.45, 7) is 4.08. The van der Waals surface area contributed by atoms with Gasteiger partial charge in [0, 0.05) is 12.1 Å². The van der Waals surface area contributed by atoms with Crippen molar-refractivity contribution >= 4 is 11.7 Å². The number of carbonyl (C=O) groups is 1. The number of hydrogen-bond donors (Lipinski definition) is 1. The topological polar surface area (TPSA) is 42.0 Å². The molecule has 0 aromatic carbocycles. The largest absolute Gasteiger partial charge is 0.310 e. The molecule has 0 aliphatic rings. The Morgan fingerprint density at radius 2 is 2.33 bits per heavy atom. The lowest BCUT2D eigenvalue weighted by atomic mass is 10.0. The Balaban J connectivity index is 2.42. The first kappa shape index (κ1) is 11.7. The Labute approximate surface area is 90.9 Å². The van der Waals surface area contributed by atoms with Crippen molar-refractivity contribution in [1.29, 1.82) is 0 Å². The summed E-state index contributed by atoms with van der Waals surface area (Å²) in [6, 6.07) is 5.49. The molecule has 1 aromatic rings. The van der Waals surface area contributed by atoms with E-state index in [9.17, 15) is 4.79 Å². The summed E-state index contributed by atoms with van der Waals surface area (Å²) in [6.07, 6.45) is 4.83. The molecule has 15 heavy (non-hydrogen) atoms. The lowest BCUT2D eigenvalue weighted by Gasteiger charge is -2.10. The molecule has 1 unspecified atom stereocenters. The molecule has 0 saturated carbocycles. The smallest absolute Gasteiger partial charge is 0.228 e. The molecule has 82 valence electrons. The summed E-state index contributed by atoms with van der Waals surface area (Å²) in [5.74, 6) is 0.750. The highest BCUT2D eigenvalue weighted by Gasteiger charge is 2.12. The molecule has 0 bridgehead atoms. The van der Waals surface area contributed by atoms with Crippen LogP contribution in [0, 0.1) is 5.92 Å². The number of unbranched alkanes of at least 4 members (excludes halogenated alkanes) is 1. The van der Waals surface area contributed by atoms with Gasteiger partial charge in [0.2, 0.25) is 5.91 Å². The third kappa shape index (κ3) is 4.11. The van der Waals surface area contributed by atoms with Crippen LogP contribution in [-0.2, 0) is 4.79 Å². The number of rotatable bonds is 5. The SMILES string of the molecule is CCCCC(C)C(=O)Nc1ccccn1. The molecule has 1 rings (SSSR count). The Bertz CT molecular complexity index is 298. The molecular formula is C12H18N2O. The number of nitrogens with zero attached hydrogens (tertiary/aromatic N) is 1. The number of aromatic nitrogens is 1. The van der Waals surface area contributed by atoms with E-state index in [-0.39, 0.29) is 11.8 Å². The molecular weight excluding hydrogens is 188 g/mol. The number of nitrogens with one attached hydrogen (secondary N) is 1. The first-order valence-corrected chi connectivity index (χ1v) is 5.46. The zero-order valence-corrected chi connectivity index (χ0v) is 9.36. The van der Waals surface area contributed by atoms with Gasteiger partial charge in [0.25, 0.3) is 0 Å². The molecule has 0 spiro atoms. The average Bonchev–Trinajstić information content (AvgIpc) is 2.27. The highest BCUT2D eigenvalue weighted by Crippen LogP contribution is 2.10. The van der Waals surface area contributed by atoms with Crippen molar-refractivity contribution < 1.29 is 4.79 Å². The lowest BCUT2D eigenvalue weighted by Crippen LogP contribution is -2.20. The minimum atomic E-state index is 0.0575. The van der Waals surface area contributed by atoms with Gasteiger partial charge in [0.15, 0.2) is 0 Å². The molecule has 3 nitrogen and oxygen atoms in total. The number of anilines is 1. The standard InChI is InChI=1S/C12H18N2O/c1-3-4-7-10(2)12(15)14-11-8-5-6-9-13-11/h5-6,8-10H,3-4,7H2,1-2H3,(H,13,14,15). The van der Waals surface area contributed by atoms with Crippen LogP contribution >= 0.6 is 0 Å². The molecule has 3 heteroatoms. The summed E-state index contributed by atoms with van der Waals surface area (Å²) < 4.78 is 0. The summed E-state index contributed by atoms with van der Waals surface area (Å²) in [7, 11) is 0. The summed E-state index contributed by atoms with van der Waals surface area (Å²) in [4.78, 5) is 15.7. The van der Waals surface area contributed by atoms with Crippen LogP contribution in [-0.4, -0.2) is 10.9 Å². The van der Waals surface area contributed by atoms with Gasteiger partial charge in [-0.1, -0.05) is 32.8 Å². The van der Waals surface area contributed by atoms with E-state index in [1.807, 2.05) is 19.1 Å². The highest BCUT2D eigenvalue weighted by atomic mass is 16.1. The average molecular weight is 206 g/mol. The fourth-order valence-corrected chi connectivity index (χ4v) is 1.33. The van der Waals surface area contributed by atoms with Crippen molar-refractivity contribution in [3.05, 3.63) is 24.4 Å². The minimum Gasteiger partial charge on any atom is -0.310 e. The zero-order chi connectivity index (χ0) is 11.1. The molecule has 1 amide bonds. The van der Waals surface area contributed by atoms with Gasteiger partial charge in [-0.05, 0) is 18.6 Å². The number of pyridine rings is 1. The normalized spacial score (nSPS) is 12.1. The van der Waals surface area contributed by atoms with Crippen LogP contribution in [0.5, 0.6) is 0 Å². The Morgan fingerprint density at radius 3 is 2.93 bits per heavy atom. The van der Waals surface area contributed by atoms with Gasteiger partial charge < -0.3 is 5.32 Å². The fourth-order valence-electron chi connectivity index (χ4n) is 1.33. The summed E-state index contributed by atoms with van der Waals surface area (Å²) >= 11 is 0. The van der Waals surface area contributed by atoms with Gasteiger partial charge in [-0.3, -0.25) is 4.79 Å². The van der Waals surface area contributed by atoms with Crippen LogP contribution in [0.1, 0.15) is 33.1 Å². The minimum absolute atomic E-state index is 0.0575. The van der Waals surface area contributed by atoms with Crippen molar-refractivity contribution in [3.8, 4) is 0 Å². The van der Waals surface area contributed by atoms with Gasteiger partial charge in [0.1, 0.15) is 5.82 Å². The fraction of sp³-hybridized carbons (Fsp3) is 0.500. The molecule has 1 heterocycles.